The molecule has 0 spiro atoms. The monoisotopic (exact) mass is 157 g/mol. The molecule has 0 bridgehead atoms. The van der Waals surface area contributed by atoms with Crippen LogP contribution in [0, 0.1) is 0 Å². The molecule has 0 aliphatic heterocycles. The van der Waals surface area contributed by atoms with Crippen molar-refractivity contribution in [3.63, 3.8) is 0 Å². The molecule has 0 saturated heterocycles. The van der Waals surface area contributed by atoms with Gasteiger partial charge in [-0.25, -0.2) is 0 Å². The Bertz CT molecular complexity index is 123. The van der Waals surface area contributed by atoms with Gasteiger partial charge in [0.1, 0.15) is 14.9 Å². The van der Waals surface area contributed by atoms with Crippen LogP contribution in [0.5, 0.6) is 0 Å². The minimum atomic E-state index is -0.541. The number of hydrogen-bond acceptors (Lipinski definition) is 2. The number of hydrogen-bond donors (Lipinski definition) is 1. The Morgan fingerprint density at radius 1 is 1.70 bits per heavy atom. The van der Waals surface area contributed by atoms with E-state index in [-0.39, 0.29) is 0 Å². The van der Waals surface area contributed by atoms with E-state index in [1.807, 2.05) is 11.8 Å². The lowest BCUT2D eigenvalue weighted by atomic mass is 10.6. The van der Waals surface area contributed by atoms with E-state index in [9.17, 15) is 4.79 Å². The largest absolute Gasteiger partial charge is 0.314 e. The van der Waals surface area contributed by atoms with Crippen LogP contribution in [0.15, 0.2) is 11.8 Å². The molecule has 0 amide bonds. The van der Waals surface area contributed by atoms with Crippen molar-refractivity contribution in [1.29, 1.82) is 0 Å². The van der Waals surface area contributed by atoms with Crippen LogP contribution in [0.4, 0.5) is 0 Å². The highest BCUT2D eigenvalue weighted by atomic mass is 28.2. The molecule has 10 heavy (non-hydrogen) atoms. The van der Waals surface area contributed by atoms with Gasteiger partial charge in [0.05, 0.1) is 0 Å². The second-order valence-corrected chi connectivity index (χ2v) is 4.06. The highest BCUT2D eigenvalue weighted by Gasteiger charge is 1.85. The van der Waals surface area contributed by atoms with Crippen molar-refractivity contribution in [3.05, 3.63) is 11.8 Å². The van der Waals surface area contributed by atoms with Crippen molar-refractivity contribution in [3.8, 4) is 0 Å². The predicted molar refractivity (Wildman–Crippen MR) is 46.9 cm³/mol. The van der Waals surface area contributed by atoms with Crippen LogP contribution in [-0.2, 0) is 4.79 Å². The Morgan fingerprint density at radius 3 is 2.90 bits per heavy atom. The summed E-state index contributed by atoms with van der Waals surface area (Å²) in [6, 6.07) is 0. The Kier molecular flexibility index (Phi) is 6.43. The molecular formula is C7H15NOSi. The minimum absolute atomic E-state index is 0.354. The number of nitrogens with one attached hydrogen (secondary N) is 1. The molecule has 0 unspecified atom stereocenters. The quantitative estimate of drug-likeness (QED) is 0.443. The van der Waals surface area contributed by atoms with E-state index in [4.69, 9.17) is 0 Å². The van der Waals surface area contributed by atoms with Gasteiger partial charge in [0.15, 0.2) is 0 Å². The number of likely N-dealkylation sites (N-methyl/N-ethyl adjacent to an activating group) is 1. The first kappa shape index (κ1) is 9.59. The minimum Gasteiger partial charge on any atom is -0.314 e. The summed E-state index contributed by atoms with van der Waals surface area (Å²) in [4.78, 5) is 10.5. The molecule has 0 atom stereocenters. The maximum Gasteiger partial charge on any atom is 0.123 e. The summed E-state index contributed by atoms with van der Waals surface area (Å²) in [7, 11) is -0.541. The fraction of sp³-hybridized carbons (Fsp3) is 0.571. The maximum atomic E-state index is 10.5. The molecule has 1 N–H and O–H groups in total. The molecule has 0 rings (SSSR count). The first-order chi connectivity index (χ1) is 4.77. The number of rotatable bonds is 5. The normalized spacial score (nSPS) is 11.8. The Morgan fingerprint density at radius 2 is 2.40 bits per heavy atom. The van der Waals surface area contributed by atoms with Gasteiger partial charge >= 0.3 is 0 Å². The Labute approximate surface area is 64.5 Å². The van der Waals surface area contributed by atoms with Gasteiger partial charge in [-0.1, -0.05) is 18.7 Å². The zero-order valence-corrected chi connectivity index (χ0v) is 8.10. The lowest BCUT2D eigenvalue weighted by Crippen LogP contribution is -2.12. The maximum absolute atomic E-state index is 10.5. The molecule has 0 radical (unpaired) electrons. The van der Waals surface area contributed by atoms with E-state index in [0.29, 0.717) is 5.41 Å². The van der Waals surface area contributed by atoms with Crippen LogP contribution in [0.3, 0.4) is 0 Å². The number of carbonyl (C=O) groups excluding carboxylic acids is 1. The molecule has 2 nitrogen and oxygen atoms in total. The fourth-order valence-corrected chi connectivity index (χ4v) is 1.23. The molecule has 0 aliphatic carbocycles. The van der Waals surface area contributed by atoms with Crippen molar-refractivity contribution < 1.29 is 4.79 Å². The first-order valence-electron chi connectivity index (χ1n) is 3.62. The summed E-state index contributed by atoms with van der Waals surface area (Å²) >= 11 is 0. The second-order valence-electron chi connectivity index (χ2n) is 2.19. The van der Waals surface area contributed by atoms with E-state index < -0.39 is 9.52 Å². The van der Waals surface area contributed by atoms with Crippen molar-refractivity contribution in [2.24, 2.45) is 0 Å². The lowest BCUT2D eigenvalue weighted by molar-refractivity contribution is -0.110. The average Bonchev–Trinajstić information content (AvgIpc) is 1.87. The zero-order valence-electron chi connectivity index (χ0n) is 6.68. The van der Waals surface area contributed by atoms with E-state index in [2.05, 4.69) is 12.2 Å². The van der Waals surface area contributed by atoms with Crippen molar-refractivity contribution in [2.75, 3.05) is 13.1 Å². The van der Waals surface area contributed by atoms with Crippen LogP contribution >= 0.6 is 0 Å². The third-order valence-corrected chi connectivity index (χ3v) is 2.23. The van der Waals surface area contributed by atoms with Crippen LogP contribution in [0.1, 0.15) is 13.8 Å². The summed E-state index contributed by atoms with van der Waals surface area (Å²) in [5, 5.41) is 3.50. The molecule has 3 heteroatoms. The molecule has 0 heterocycles. The van der Waals surface area contributed by atoms with Crippen molar-refractivity contribution in [2.45, 2.75) is 13.8 Å². The molecule has 0 fully saturated rings. The van der Waals surface area contributed by atoms with Gasteiger partial charge < -0.3 is 10.1 Å². The van der Waals surface area contributed by atoms with Crippen molar-refractivity contribution >= 4 is 14.9 Å². The summed E-state index contributed by atoms with van der Waals surface area (Å²) in [5.74, 6) is 0. The lowest BCUT2D eigenvalue weighted by Gasteiger charge is -1.91. The third kappa shape index (κ3) is 7.59. The van der Waals surface area contributed by atoms with Gasteiger partial charge in [0.25, 0.3) is 0 Å². The van der Waals surface area contributed by atoms with Gasteiger partial charge in [0, 0.05) is 6.54 Å². The highest BCUT2D eigenvalue weighted by Crippen LogP contribution is 1.70. The van der Waals surface area contributed by atoms with E-state index in [1.165, 1.54) is 0 Å². The SMILES string of the molecule is CCNCC=C[SiH2]C(C)=O. The van der Waals surface area contributed by atoms with Crippen LogP contribution < -0.4 is 5.32 Å². The highest BCUT2D eigenvalue weighted by molar-refractivity contribution is 6.77. The number of carbonyl (C=O) groups is 1. The van der Waals surface area contributed by atoms with Gasteiger partial charge in [-0.15, -0.1) is 0 Å². The molecule has 0 saturated carbocycles. The van der Waals surface area contributed by atoms with Crippen LogP contribution in [0.2, 0.25) is 0 Å². The third-order valence-electron chi connectivity index (χ3n) is 1.08. The van der Waals surface area contributed by atoms with Crippen LogP contribution in [-0.4, -0.2) is 28.0 Å². The summed E-state index contributed by atoms with van der Waals surface area (Å²) in [6.45, 7) is 5.61. The van der Waals surface area contributed by atoms with Gasteiger partial charge in [-0.05, 0) is 13.5 Å². The molecule has 0 aromatic heterocycles. The average molecular weight is 157 g/mol. The Balaban J connectivity index is 3.12. The molecule has 0 aliphatic rings. The first-order valence-corrected chi connectivity index (χ1v) is 5.15. The van der Waals surface area contributed by atoms with Crippen molar-refractivity contribution in [1.82, 2.24) is 5.32 Å². The van der Waals surface area contributed by atoms with E-state index in [0.717, 1.165) is 13.1 Å². The molecule has 0 aromatic carbocycles. The summed E-state index contributed by atoms with van der Waals surface area (Å²) in [6.07, 6.45) is 2.04. The predicted octanol–water partition coefficient (Wildman–Crippen LogP) is -0.175. The van der Waals surface area contributed by atoms with Crippen LogP contribution in [0.25, 0.3) is 0 Å². The molecular weight excluding hydrogens is 142 g/mol. The molecule has 0 aromatic rings. The molecule has 58 valence electrons. The van der Waals surface area contributed by atoms with Gasteiger partial charge in [-0.3, -0.25) is 0 Å². The van der Waals surface area contributed by atoms with E-state index >= 15 is 0 Å². The second kappa shape index (κ2) is 6.70. The standard InChI is InChI=1S/C7H15NOSi/c1-3-8-5-4-6-10-7(2)9/h4,6,8H,3,5,10H2,1-2H3. The Hall–Kier alpha value is -0.413. The summed E-state index contributed by atoms with van der Waals surface area (Å²) < 4.78 is 0. The van der Waals surface area contributed by atoms with E-state index in [1.54, 1.807) is 6.92 Å². The van der Waals surface area contributed by atoms with Gasteiger partial charge in [-0.2, -0.15) is 0 Å². The summed E-state index contributed by atoms with van der Waals surface area (Å²) in [5.41, 5.74) is 2.03. The smallest absolute Gasteiger partial charge is 0.123 e. The topological polar surface area (TPSA) is 29.1 Å². The zero-order chi connectivity index (χ0) is 7.82. The van der Waals surface area contributed by atoms with Gasteiger partial charge in [0.2, 0.25) is 0 Å². The fourth-order valence-electron chi connectivity index (χ4n) is 0.560.